The fourth-order valence-electron chi connectivity index (χ4n) is 3.53. The van der Waals surface area contributed by atoms with Crippen molar-refractivity contribution in [3.63, 3.8) is 0 Å². The molecule has 1 aromatic carbocycles. The number of carbonyl (C=O) groups excluding carboxylic acids is 1. The molecule has 2 aliphatic rings. The van der Waals surface area contributed by atoms with Gasteiger partial charge in [0, 0.05) is 12.8 Å². The van der Waals surface area contributed by atoms with Crippen LogP contribution in [0.25, 0.3) is 0 Å². The van der Waals surface area contributed by atoms with Gasteiger partial charge in [0.25, 0.3) is 5.91 Å². The summed E-state index contributed by atoms with van der Waals surface area (Å²) in [6, 6.07) is 8.00. The summed E-state index contributed by atoms with van der Waals surface area (Å²) < 4.78 is 6.09. The number of benzene rings is 1. The van der Waals surface area contributed by atoms with Crippen molar-refractivity contribution in [2.45, 2.75) is 50.7 Å². The number of amides is 1. The monoisotopic (exact) mass is 287 g/mol. The minimum Gasteiger partial charge on any atom is -0.383 e. The van der Waals surface area contributed by atoms with Gasteiger partial charge in [0.05, 0.1) is 12.1 Å². The van der Waals surface area contributed by atoms with Crippen LogP contribution in [0.4, 0.5) is 0 Å². The molecule has 1 fully saturated rings. The summed E-state index contributed by atoms with van der Waals surface area (Å²) in [5.74, 6) is -0.288. The Balaban J connectivity index is 1.97. The zero-order valence-corrected chi connectivity index (χ0v) is 12.5. The fraction of sp³-hybridized carbons (Fsp3) is 0.471. The van der Waals surface area contributed by atoms with Gasteiger partial charge in [-0.1, -0.05) is 30.3 Å². The second-order valence-corrected chi connectivity index (χ2v) is 6.20. The summed E-state index contributed by atoms with van der Waals surface area (Å²) in [6.45, 7) is 7.35. The normalized spacial score (nSPS) is 27.1. The maximum atomic E-state index is 12.7. The van der Waals surface area contributed by atoms with Gasteiger partial charge in [-0.2, -0.15) is 0 Å². The van der Waals surface area contributed by atoms with Gasteiger partial charge < -0.3 is 14.7 Å². The van der Waals surface area contributed by atoms with E-state index in [0.29, 0.717) is 0 Å². The van der Waals surface area contributed by atoms with Crippen molar-refractivity contribution in [2.24, 2.45) is 0 Å². The smallest absolute Gasteiger partial charge is 0.254 e. The van der Waals surface area contributed by atoms with E-state index in [1.54, 1.807) is 11.0 Å². The zero-order valence-electron chi connectivity index (χ0n) is 12.5. The number of ether oxygens (including phenoxy) is 1. The van der Waals surface area contributed by atoms with Crippen molar-refractivity contribution in [2.75, 3.05) is 0 Å². The predicted molar refractivity (Wildman–Crippen MR) is 79.5 cm³/mol. The maximum Gasteiger partial charge on any atom is 0.254 e. The summed E-state index contributed by atoms with van der Waals surface area (Å²) in [6.07, 6.45) is 1.54. The third kappa shape index (κ3) is 2.19. The van der Waals surface area contributed by atoms with E-state index in [1.165, 1.54) is 5.56 Å². The van der Waals surface area contributed by atoms with Gasteiger partial charge in [-0.25, -0.2) is 0 Å². The molecule has 1 aliphatic carbocycles. The van der Waals surface area contributed by atoms with Gasteiger partial charge in [-0.05, 0) is 25.0 Å². The Kier molecular flexibility index (Phi) is 3.38. The van der Waals surface area contributed by atoms with Crippen LogP contribution in [0.15, 0.2) is 36.9 Å². The highest BCUT2D eigenvalue weighted by Gasteiger charge is 2.54. The van der Waals surface area contributed by atoms with Crippen LogP contribution in [-0.4, -0.2) is 33.8 Å². The number of hydrogen-bond acceptors (Lipinski definition) is 3. The SMILES string of the molecule is C=CC[C@@H](O)C(=O)N1[C@H]2c3ccccc3C[C@H]2OC1(C)C. The Hall–Kier alpha value is -1.65. The van der Waals surface area contributed by atoms with E-state index in [4.69, 9.17) is 4.74 Å². The van der Waals surface area contributed by atoms with Crippen LogP contribution in [0, 0.1) is 0 Å². The van der Waals surface area contributed by atoms with Crippen molar-refractivity contribution in [3.05, 3.63) is 48.0 Å². The number of aliphatic hydroxyl groups excluding tert-OH is 1. The molecule has 112 valence electrons. The molecule has 1 aromatic rings. The lowest BCUT2D eigenvalue weighted by atomic mass is 10.0. The van der Waals surface area contributed by atoms with Crippen LogP contribution >= 0.6 is 0 Å². The average Bonchev–Trinajstić information content (AvgIpc) is 2.88. The predicted octanol–water partition coefficient (Wildman–Crippen LogP) is 2.18. The Morgan fingerprint density at radius 2 is 2.29 bits per heavy atom. The average molecular weight is 287 g/mol. The Labute approximate surface area is 125 Å². The quantitative estimate of drug-likeness (QED) is 0.867. The molecule has 4 heteroatoms. The lowest BCUT2D eigenvalue weighted by molar-refractivity contribution is -0.156. The van der Waals surface area contributed by atoms with Crippen molar-refractivity contribution < 1.29 is 14.6 Å². The standard InChI is InChI=1S/C17H21NO3/c1-4-7-13(19)16(20)18-15-12-9-6-5-8-11(12)10-14(15)21-17(18,2)3/h4-6,8-9,13-15,19H,1,7,10H2,2-3H3/t13-,14-,15+/m1/s1. The zero-order chi connectivity index (χ0) is 15.2. The van der Waals surface area contributed by atoms with E-state index >= 15 is 0 Å². The van der Waals surface area contributed by atoms with E-state index in [-0.39, 0.29) is 24.5 Å². The van der Waals surface area contributed by atoms with Gasteiger partial charge in [0.15, 0.2) is 0 Å². The highest BCUT2D eigenvalue weighted by atomic mass is 16.5. The van der Waals surface area contributed by atoms with Crippen LogP contribution in [0.3, 0.4) is 0 Å². The van der Waals surface area contributed by atoms with E-state index in [2.05, 4.69) is 12.6 Å². The summed E-state index contributed by atoms with van der Waals surface area (Å²) in [5.41, 5.74) is 1.65. The molecule has 0 unspecified atom stereocenters. The third-order valence-electron chi connectivity index (χ3n) is 4.36. The van der Waals surface area contributed by atoms with E-state index in [1.807, 2.05) is 32.0 Å². The topological polar surface area (TPSA) is 49.8 Å². The summed E-state index contributed by atoms with van der Waals surface area (Å²) in [5, 5.41) is 10.1. The van der Waals surface area contributed by atoms with Crippen molar-refractivity contribution >= 4 is 5.91 Å². The lowest BCUT2D eigenvalue weighted by Gasteiger charge is -2.35. The van der Waals surface area contributed by atoms with Gasteiger partial charge in [0.1, 0.15) is 11.8 Å². The van der Waals surface area contributed by atoms with Gasteiger partial charge in [0.2, 0.25) is 0 Å². The second kappa shape index (κ2) is 4.97. The number of fused-ring (bicyclic) bond motifs is 3. The molecule has 1 aliphatic heterocycles. The fourth-order valence-corrected chi connectivity index (χ4v) is 3.53. The summed E-state index contributed by atoms with van der Waals surface area (Å²) in [7, 11) is 0. The minimum atomic E-state index is -1.06. The minimum absolute atomic E-state index is 0.0303. The van der Waals surface area contributed by atoms with Gasteiger partial charge in [-0.15, -0.1) is 6.58 Å². The molecule has 21 heavy (non-hydrogen) atoms. The van der Waals surface area contributed by atoms with Crippen LogP contribution in [0.1, 0.15) is 37.4 Å². The molecule has 1 amide bonds. The van der Waals surface area contributed by atoms with Crippen LogP contribution in [-0.2, 0) is 16.0 Å². The summed E-state index contributed by atoms with van der Waals surface area (Å²) >= 11 is 0. The highest BCUT2D eigenvalue weighted by molar-refractivity contribution is 5.82. The summed E-state index contributed by atoms with van der Waals surface area (Å²) in [4.78, 5) is 14.4. The highest BCUT2D eigenvalue weighted by Crippen LogP contribution is 2.48. The van der Waals surface area contributed by atoms with Crippen LogP contribution in [0.5, 0.6) is 0 Å². The number of carbonyl (C=O) groups is 1. The first-order valence-corrected chi connectivity index (χ1v) is 7.33. The molecule has 0 bridgehead atoms. The van der Waals surface area contributed by atoms with E-state index in [0.717, 1.165) is 12.0 Å². The van der Waals surface area contributed by atoms with Crippen LogP contribution in [0.2, 0.25) is 0 Å². The second-order valence-electron chi connectivity index (χ2n) is 6.20. The molecule has 1 N–H and O–H groups in total. The van der Waals surface area contributed by atoms with E-state index < -0.39 is 11.8 Å². The number of hydrogen-bond donors (Lipinski definition) is 1. The maximum absolute atomic E-state index is 12.7. The number of rotatable bonds is 3. The van der Waals surface area contributed by atoms with Gasteiger partial charge in [-0.3, -0.25) is 4.79 Å². The van der Waals surface area contributed by atoms with Crippen molar-refractivity contribution in [1.82, 2.24) is 4.90 Å². The first-order valence-electron chi connectivity index (χ1n) is 7.33. The van der Waals surface area contributed by atoms with Crippen molar-refractivity contribution in [3.8, 4) is 0 Å². The number of aliphatic hydroxyl groups is 1. The van der Waals surface area contributed by atoms with Crippen LogP contribution < -0.4 is 0 Å². The largest absolute Gasteiger partial charge is 0.383 e. The lowest BCUT2D eigenvalue weighted by Crippen LogP contribution is -2.49. The molecule has 0 aromatic heterocycles. The molecule has 0 saturated carbocycles. The Morgan fingerprint density at radius 1 is 1.57 bits per heavy atom. The molecule has 1 heterocycles. The first kappa shape index (κ1) is 14.3. The molecule has 4 nitrogen and oxygen atoms in total. The molecular formula is C17H21NO3. The molecule has 0 radical (unpaired) electrons. The molecule has 3 atom stereocenters. The molecule has 0 spiro atoms. The Bertz CT molecular complexity index is 581. The molecule has 1 saturated heterocycles. The molecular weight excluding hydrogens is 266 g/mol. The Morgan fingerprint density at radius 3 is 3.00 bits per heavy atom. The van der Waals surface area contributed by atoms with Crippen molar-refractivity contribution in [1.29, 1.82) is 0 Å². The van der Waals surface area contributed by atoms with Gasteiger partial charge >= 0.3 is 0 Å². The van der Waals surface area contributed by atoms with E-state index in [9.17, 15) is 9.90 Å². The molecule has 3 rings (SSSR count). The first-order chi connectivity index (χ1) is 9.95. The third-order valence-corrected chi connectivity index (χ3v) is 4.36. The number of nitrogens with zero attached hydrogens (tertiary/aromatic N) is 1.